The zero-order chi connectivity index (χ0) is 10.8. The van der Waals surface area contributed by atoms with Crippen molar-refractivity contribution in [3.8, 4) is 0 Å². The summed E-state index contributed by atoms with van der Waals surface area (Å²) < 4.78 is 6.11. The molecular weight excluding hydrogens is 264 g/mol. The summed E-state index contributed by atoms with van der Waals surface area (Å²) in [6.45, 7) is 3.76. The highest BCUT2D eigenvalue weighted by Gasteiger charge is 2.33. The summed E-state index contributed by atoms with van der Waals surface area (Å²) in [6, 6.07) is 0. The summed E-state index contributed by atoms with van der Waals surface area (Å²) in [6.07, 6.45) is 0.671. The van der Waals surface area contributed by atoms with Gasteiger partial charge in [0.2, 0.25) is 0 Å². The third kappa shape index (κ3) is 2.07. The van der Waals surface area contributed by atoms with E-state index in [0.29, 0.717) is 12.0 Å². The molecule has 0 amide bonds. The third-order valence-corrected chi connectivity index (χ3v) is 4.17. The molecule has 1 atom stereocenters. The van der Waals surface area contributed by atoms with E-state index in [4.69, 9.17) is 4.74 Å². The molecule has 2 nitrogen and oxygen atoms in total. The minimum absolute atomic E-state index is 0.0376. The molecular formula is C10H13BrO2S. The number of hydrogen-bond acceptors (Lipinski definition) is 3. The Hall–Kier alpha value is -0.190. The van der Waals surface area contributed by atoms with Crippen LogP contribution >= 0.6 is 27.3 Å². The Balaban J connectivity index is 3.01. The summed E-state index contributed by atoms with van der Waals surface area (Å²) in [7, 11) is 1.57. The van der Waals surface area contributed by atoms with Gasteiger partial charge in [-0.15, -0.1) is 0 Å². The predicted octanol–water partition coefficient (Wildman–Crippen LogP) is 3.51. The summed E-state index contributed by atoms with van der Waals surface area (Å²) in [5.74, 6) is 0.0376. The zero-order valence-electron chi connectivity index (χ0n) is 8.46. The second-order valence-corrected chi connectivity index (χ2v) is 4.85. The van der Waals surface area contributed by atoms with E-state index in [1.165, 1.54) is 11.3 Å². The fourth-order valence-corrected chi connectivity index (χ4v) is 2.58. The minimum Gasteiger partial charge on any atom is -0.370 e. The van der Waals surface area contributed by atoms with Crippen molar-refractivity contribution in [2.24, 2.45) is 0 Å². The molecule has 1 rings (SSSR count). The van der Waals surface area contributed by atoms with E-state index in [0.717, 1.165) is 4.47 Å². The predicted molar refractivity (Wildman–Crippen MR) is 62.1 cm³/mol. The Morgan fingerprint density at radius 2 is 2.29 bits per heavy atom. The quantitative estimate of drug-likeness (QED) is 0.787. The number of methoxy groups -OCH3 is 1. The maximum absolute atomic E-state index is 12.1. The fraction of sp³-hybridized carbons (Fsp3) is 0.500. The average molecular weight is 277 g/mol. The number of Topliss-reactive ketones (excluding diaryl/α,β-unsaturated/α-hetero) is 1. The molecule has 0 saturated carbocycles. The SMILES string of the molecule is CCC(C)(OC)C(=O)c1cscc1Br. The largest absolute Gasteiger partial charge is 0.370 e. The molecule has 0 aliphatic heterocycles. The Labute approximate surface area is 96.4 Å². The van der Waals surface area contributed by atoms with Crippen molar-refractivity contribution in [2.75, 3.05) is 7.11 Å². The number of hydrogen-bond donors (Lipinski definition) is 0. The maximum atomic E-state index is 12.1. The summed E-state index contributed by atoms with van der Waals surface area (Å²) >= 11 is 4.86. The van der Waals surface area contributed by atoms with Gasteiger partial charge in [0, 0.05) is 27.9 Å². The van der Waals surface area contributed by atoms with E-state index in [1.54, 1.807) is 7.11 Å². The zero-order valence-corrected chi connectivity index (χ0v) is 10.9. The molecule has 0 aliphatic rings. The standard InChI is InChI=1S/C10H13BrO2S/c1-4-10(2,13-3)9(12)7-5-14-6-8(7)11/h5-6H,4H2,1-3H3. The molecule has 0 bridgehead atoms. The Kier molecular flexibility index (Phi) is 3.86. The molecule has 14 heavy (non-hydrogen) atoms. The van der Waals surface area contributed by atoms with Gasteiger partial charge in [0.25, 0.3) is 0 Å². The maximum Gasteiger partial charge on any atom is 0.196 e. The number of rotatable bonds is 4. The monoisotopic (exact) mass is 276 g/mol. The first kappa shape index (κ1) is 11.9. The number of thiophene rings is 1. The van der Waals surface area contributed by atoms with Gasteiger partial charge >= 0.3 is 0 Å². The van der Waals surface area contributed by atoms with Crippen LogP contribution in [0.2, 0.25) is 0 Å². The lowest BCUT2D eigenvalue weighted by Crippen LogP contribution is -2.36. The van der Waals surface area contributed by atoms with E-state index in [1.807, 2.05) is 24.6 Å². The van der Waals surface area contributed by atoms with Gasteiger partial charge in [0.1, 0.15) is 5.60 Å². The molecule has 0 saturated heterocycles. The normalized spacial score (nSPS) is 15.1. The van der Waals surface area contributed by atoms with Gasteiger partial charge in [0.15, 0.2) is 5.78 Å². The molecule has 1 aromatic heterocycles. The molecule has 0 aliphatic carbocycles. The minimum atomic E-state index is -0.705. The lowest BCUT2D eigenvalue weighted by molar-refractivity contribution is 0.0106. The van der Waals surface area contributed by atoms with Crippen LogP contribution < -0.4 is 0 Å². The van der Waals surface area contributed by atoms with Crippen molar-refractivity contribution >= 4 is 33.0 Å². The molecule has 1 heterocycles. The van der Waals surface area contributed by atoms with Gasteiger partial charge in [-0.2, -0.15) is 11.3 Å². The van der Waals surface area contributed by atoms with Crippen LogP contribution in [0, 0.1) is 0 Å². The molecule has 4 heteroatoms. The van der Waals surface area contributed by atoms with Crippen molar-refractivity contribution in [2.45, 2.75) is 25.9 Å². The van der Waals surface area contributed by atoms with Crippen LogP contribution in [-0.2, 0) is 4.74 Å². The van der Waals surface area contributed by atoms with Gasteiger partial charge in [0.05, 0.1) is 0 Å². The van der Waals surface area contributed by atoms with Crippen LogP contribution in [0.3, 0.4) is 0 Å². The van der Waals surface area contributed by atoms with Crippen LogP contribution in [0.5, 0.6) is 0 Å². The van der Waals surface area contributed by atoms with Crippen molar-refractivity contribution in [1.29, 1.82) is 0 Å². The summed E-state index contributed by atoms with van der Waals surface area (Å²) in [5, 5.41) is 3.75. The Bertz CT molecular complexity index is 329. The Morgan fingerprint density at radius 1 is 1.64 bits per heavy atom. The topological polar surface area (TPSA) is 26.3 Å². The summed E-state index contributed by atoms with van der Waals surface area (Å²) in [5.41, 5.74) is 0.00468. The Morgan fingerprint density at radius 3 is 2.64 bits per heavy atom. The number of carbonyl (C=O) groups excluding carboxylic acids is 1. The molecule has 0 radical (unpaired) electrons. The molecule has 0 N–H and O–H groups in total. The number of halogens is 1. The summed E-state index contributed by atoms with van der Waals surface area (Å²) in [4.78, 5) is 12.1. The van der Waals surface area contributed by atoms with Crippen molar-refractivity contribution in [1.82, 2.24) is 0 Å². The average Bonchev–Trinajstić information content (AvgIpc) is 2.62. The molecule has 78 valence electrons. The van der Waals surface area contributed by atoms with Gasteiger partial charge in [-0.25, -0.2) is 0 Å². The van der Waals surface area contributed by atoms with E-state index in [2.05, 4.69) is 15.9 Å². The highest BCUT2D eigenvalue weighted by Crippen LogP contribution is 2.28. The fourth-order valence-electron chi connectivity index (χ4n) is 1.13. The first-order valence-corrected chi connectivity index (χ1v) is 6.10. The molecule has 0 spiro atoms. The molecule has 1 unspecified atom stereocenters. The lowest BCUT2D eigenvalue weighted by Gasteiger charge is -2.24. The van der Waals surface area contributed by atoms with Gasteiger partial charge < -0.3 is 4.74 Å². The molecule has 0 aromatic carbocycles. The molecule has 0 fully saturated rings. The highest BCUT2D eigenvalue weighted by atomic mass is 79.9. The van der Waals surface area contributed by atoms with Crippen molar-refractivity contribution < 1.29 is 9.53 Å². The van der Waals surface area contributed by atoms with Gasteiger partial charge in [-0.1, -0.05) is 6.92 Å². The van der Waals surface area contributed by atoms with E-state index < -0.39 is 5.60 Å². The number of ether oxygens (including phenoxy) is 1. The van der Waals surface area contributed by atoms with E-state index in [9.17, 15) is 4.79 Å². The smallest absolute Gasteiger partial charge is 0.196 e. The van der Waals surface area contributed by atoms with Crippen LogP contribution in [0.25, 0.3) is 0 Å². The number of carbonyl (C=O) groups is 1. The van der Waals surface area contributed by atoms with Crippen LogP contribution in [0.1, 0.15) is 30.6 Å². The van der Waals surface area contributed by atoms with Crippen LogP contribution in [0.15, 0.2) is 15.2 Å². The second kappa shape index (κ2) is 4.55. The number of ketones is 1. The van der Waals surface area contributed by atoms with E-state index in [-0.39, 0.29) is 5.78 Å². The van der Waals surface area contributed by atoms with Crippen LogP contribution in [0.4, 0.5) is 0 Å². The van der Waals surface area contributed by atoms with Crippen molar-refractivity contribution in [3.63, 3.8) is 0 Å². The second-order valence-electron chi connectivity index (χ2n) is 3.25. The van der Waals surface area contributed by atoms with Crippen molar-refractivity contribution in [3.05, 3.63) is 20.8 Å². The van der Waals surface area contributed by atoms with Gasteiger partial charge in [-0.05, 0) is 29.3 Å². The first-order valence-electron chi connectivity index (χ1n) is 4.36. The highest BCUT2D eigenvalue weighted by molar-refractivity contribution is 9.10. The van der Waals surface area contributed by atoms with Gasteiger partial charge in [-0.3, -0.25) is 4.79 Å². The molecule has 1 aromatic rings. The third-order valence-electron chi connectivity index (χ3n) is 2.46. The first-order chi connectivity index (χ1) is 6.55. The lowest BCUT2D eigenvalue weighted by atomic mass is 9.94. The van der Waals surface area contributed by atoms with Crippen LogP contribution in [-0.4, -0.2) is 18.5 Å². The van der Waals surface area contributed by atoms with E-state index >= 15 is 0 Å².